The van der Waals surface area contributed by atoms with Crippen molar-refractivity contribution in [2.24, 2.45) is 0 Å². The fourth-order valence-electron chi connectivity index (χ4n) is 4.75. The second-order valence-electron chi connectivity index (χ2n) is 9.43. The predicted octanol–water partition coefficient (Wildman–Crippen LogP) is 2.09. The van der Waals surface area contributed by atoms with E-state index in [9.17, 15) is 9.59 Å². The fraction of sp³-hybridized carbons (Fsp3) is 0.652. The first kappa shape index (κ1) is 21.9. The van der Waals surface area contributed by atoms with E-state index in [4.69, 9.17) is 28.4 Å². The van der Waals surface area contributed by atoms with Gasteiger partial charge >= 0.3 is 0 Å². The molecule has 5 rings (SSSR count). The summed E-state index contributed by atoms with van der Waals surface area (Å²) in [5, 5.41) is 0. The van der Waals surface area contributed by atoms with Crippen LogP contribution in [0.1, 0.15) is 54.8 Å². The van der Waals surface area contributed by atoms with Crippen molar-refractivity contribution in [1.29, 1.82) is 0 Å². The molecule has 2 amide bonds. The molecule has 0 spiro atoms. The SMILES string of the molecule is CC1(C)OCC(C2OC3OC(C)(C)OC3C2OCCCN2C(=O)c3ccccc3C2=O)O1. The van der Waals surface area contributed by atoms with Crippen LogP contribution in [0.3, 0.4) is 0 Å². The molecule has 0 bridgehead atoms. The Morgan fingerprint density at radius 2 is 1.66 bits per heavy atom. The number of nitrogens with zero attached hydrogens (tertiary/aromatic N) is 1. The van der Waals surface area contributed by atoms with Crippen molar-refractivity contribution in [2.75, 3.05) is 19.8 Å². The van der Waals surface area contributed by atoms with Gasteiger partial charge in [0.1, 0.15) is 24.4 Å². The summed E-state index contributed by atoms with van der Waals surface area (Å²) in [6, 6.07) is 6.87. The van der Waals surface area contributed by atoms with Gasteiger partial charge in [-0.1, -0.05) is 12.1 Å². The molecule has 1 aromatic rings. The summed E-state index contributed by atoms with van der Waals surface area (Å²) in [6.45, 7) is 8.37. The number of carbonyl (C=O) groups is 2. The first-order valence-corrected chi connectivity index (χ1v) is 11.0. The molecule has 4 heterocycles. The van der Waals surface area contributed by atoms with Gasteiger partial charge in [0.25, 0.3) is 11.8 Å². The van der Waals surface area contributed by atoms with Gasteiger partial charge in [-0.05, 0) is 46.2 Å². The molecule has 0 N–H and O–H groups in total. The van der Waals surface area contributed by atoms with Crippen molar-refractivity contribution in [1.82, 2.24) is 4.90 Å². The lowest BCUT2D eigenvalue weighted by atomic mass is 10.1. The van der Waals surface area contributed by atoms with E-state index < -0.39 is 36.2 Å². The van der Waals surface area contributed by atoms with Gasteiger partial charge in [0.15, 0.2) is 17.9 Å². The first-order chi connectivity index (χ1) is 15.2. The highest BCUT2D eigenvalue weighted by Crippen LogP contribution is 2.42. The van der Waals surface area contributed by atoms with Gasteiger partial charge in [-0.2, -0.15) is 0 Å². The quantitative estimate of drug-likeness (QED) is 0.484. The predicted molar refractivity (Wildman–Crippen MR) is 110 cm³/mol. The minimum absolute atomic E-state index is 0.263. The zero-order valence-corrected chi connectivity index (χ0v) is 18.7. The van der Waals surface area contributed by atoms with E-state index in [1.54, 1.807) is 24.3 Å². The topological polar surface area (TPSA) is 92.8 Å². The number of hydrogen-bond donors (Lipinski definition) is 0. The Kier molecular flexibility index (Phi) is 5.39. The second-order valence-corrected chi connectivity index (χ2v) is 9.43. The van der Waals surface area contributed by atoms with Gasteiger partial charge in [0.05, 0.1) is 17.7 Å². The third kappa shape index (κ3) is 3.87. The van der Waals surface area contributed by atoms with Crippen molar-refractivity contribution in [3.63, 3.8) is 0 Å². The van der Waals surface area contributed by atoms with E-state index >= 15 is 0 Å². The second kappa shape index (κ2) is 7.86. The van der Waals surface area contributed by atoms with Crippen LogP contribution in [0, 0.1) is 0 Å². The Morgan fingerprint density at radius 3 is 2.28 bits per heavy atom. The minimum Gasteiger partial charge on any atom is -0.372 e. The lowest BCUT2D eigenvalue weighted by molar-refractivity contribution is -0.236. The molecule has 174 valence electrons. The Hall–Kier alpha value is -1.88. The molecule has 3 fully saturated rings. The average molecular weight is 447 g/mol. The highest BCUT2D eigenvalue weighted by Gasteiger charge is 2.58. The van der Waals surface area contributed by atoms with Crippen LogP contribution in [0.4, 0.5) is 0 Å². The number of benzene rings is 1. The van der Waals surface area contributed by atoms with Gasteiger partial charge in [-0.25, -0.2) is 0 Å². The molecule has 4 aliphatic heterocycles. The van der Waals surface area contributed by atoms with Crippen LogP contribution >= 0.6 is 0 Å². The van der Waals surface area contributed by atoms with Crippen LogP contribution in [0.2, 0.25) is 0 Å². The van der Waals surface area contributed by atoms with Gasteiger partial charge < -0.3 is 28.4 Å². The molecule has 32 heavy (non-hydrogen) atoms. The average Bonchev–Trinajstić information content (AvgIpc) is 3.41. The van der Waals surface area contributed by atoms with Crippen molar-refractivity contribution in [2.45, 2.75) is 76.4 Å². The van der Waals surface area contributed by atoms with Crippen molar-refractivity contribution in [3.8, 4) is 0 Å². The summed E-state index contributed by atoms with van der Waals surface area (Å²) in [6.07, 6.45) is -1.62. The van der Waals surface area contributed by atoms with Crippen LogP contribution in [0.25, 0.3) is 0 Å². The van der Waals surface area contributed by atoms with E-state index in [2.05, 4.69) is 0 Å². The van der Waals surface area contributed by atoms with Crippen LogP contribution in [-0.2, 0) is 28.4 Å². The van der Waals surface area contributed by atoms with Gasteiger partial charge in [-0.3, -0.25) is 14.5 Å². The van der Waals surface area contributed by atoms with E-state index in [1.807, 2.05) is 27.7 Å². The first-order valence-electron chi connectivity index (χ1n) is 11.0. The molecule has 0 aromatic heterocycles. The van der Waals surface area contributed by atoms with Crippen molar-refractivity contribution >= 4 is 11.8 Å². The monoisotopic (exact) mass is 447 g/mol. The number of amides is 2. The zero-order valence-electron chi connectivity index (χ0n) is 18.7. The molecular weight excluding hydrogens is 418 g/mol. The number of hydrogen-bond acceptors (Lipinski definition) is 8. The number of carbonyl (C=O) groups excluding carboxylic acids is 2. The minimum atomic E-state index is -0.769. The number of fused-ring (bicyclic) bond motifs is 2. The molecule has 9 nitrogen and oxygen atoms in total. The summed E-state index contributed by atoms with van der Waals surface area (Å²) in [5.41, 5.74) is 0.899. The lowest BCUT2D eigenvalue weighted by Crippen LogP contribution is -2.44. The van der Waals surface area contributed by atoms with Crippen LogP contribution in [0.15, 0.2) is 24.3 Å². The molecule has 4 aliphatic rings. The van der Waals surface area contributed by atoms with E-state index in [-0.39, 0.29) is 24.5 Å². The number of ether oxygens (including phenoxy) is 6. The largest absolute Gasteiger partial charge is 0.372 e. The van der Waals surface area contributed by atoms with E-state index in [0.717, 1.165) is 0 Å². The smallest absolute Gasteiger partial charge is 0.261 e. The van der Waals surface area contributed by atoms with E-state index in [0.29, 0.717) is 30.8 Å². The summed E-state index contributed by atoms with van der Waals surface area (Å²) in [4.78, 5) is 26.4. The van der Waals surface area contributed by atoms with Gasteiger partial charge in [-0.15, -0.1) is 0 Å². The summed E-state index contributed by atoms with van der Waals surface area (Å²) in [5.74, 6) is -1.99. The van der Waals surface area contributed by atoms with Gasteiger partial charge in [0.2, 0.25) is 0 Å². The Labute approximate surface area is 186 Å². The number of imide groups is 1. The third-order valence-corrected chi connectivity index (χ3v) is 6.14. The third-order valence-electron chi connectivity index (χ3n) is 6.14. The zero-order chi connectivity index (χ0) is 22.7. The number of rotatable bonds is 6. The Morgan fingerprint density at radius 1 is 0.969 bits per heavy atom. The van der Waals surface area contributed by atoms with Crippen molar-refractivity contribution in [3.05, 3.63) is 35.4 Å². The molecular formula is C23H29NO8. The molecule has 0 saturated carbocycles. The molecule has 0 radical (unpaired) electrons. The molecule has 0 aliphatic carbocycles. The van der Waals surface area contributed by atoms with Crippen LogP contribution in [-0.4, -0.2) is 78.8 Å². The normalized spacial score (nSPS) is 34.9. The standard InChI is InChI=1S/C23H29NO8/c1-22(2)28-12-15(30-22)16-17(18-21(29-16)32-23(3,4)31-18)27-11-7-10-24-19(25)13-8-5-6-9-14(13)20(24)26/h5-6,8-9,15-18,21H,7,10-12H2,1-4H3. The van der Waals surface area contributed by atoms with Crippen molar-refractivity contribution < 1.29 is 38.0 Å². The Balaban J connectivity index is 1.21. The fourth-order valence-corrected chi connectivity index (χ4v) is 4.75. The molecule has 1 aromatic carbocycles. The van der Waals surface area contributed by atoms with Gasteiger partial charge in [0, 0.05) is 13.2 Å². The maximum Gasteiger partial charge on any atom is 0.261 e. The maximum absolute atomic E-state index is 12.5. The summed E-state index contributed by atoms with van der Waals surface area (Å²) in [7, 11) is 0. The highest BCUT2D eigenvalue weighted by atomic mass is 16.8. The Bertz CT molecular complexity index is 880. The van der Waals surface area contributed by atoms with Crippen LogP contribution < -0.4 is 0 Å². The lowest BCUT2D eigenvalue weighted by Gasteiger charge is -2.29. The molecule has 9 heteroatoms. The highest BCUT2D eigenvalue weighted by molar-refractivity contribution is 6.21. The summed E-state index contributed by atoms with van der Waals surface area (Å²) >= 11 is 0. The maximum atomic E-state index is 12.5. The molecule has 3 saturated heterocycles. The van der Waals surface area contributed by atoms with Crippen LogP contribution in [0.5, 0.6) is 0 Å². The van der Waals surface area contributed by atoms with E-state index in [1.165, 1.54) is 4.90 Å². The molecule has 5 atom stereocenters. The molecule has 5 unspecified atom stereocenters. The summed E-state index contributed by atoms with van der Waals surface area (Å²) < 4.78 is 35.9.